The van der Waals surface area contributed by atoms with E-state index in [-0.39, 0.29) is 11.6 Å². The number of nitrogens with one attached hydrogen (secondary N) is 2. The molecule has 1 aliphatic rings. The van der Waals surface area contributed by atoms with Crippen molar-refractivity contribution in [3.05, 3.63) is 28.3 Å². The minimum Gasteiger partial charge on any atom is -0.370 e. The number of hydrogen-bond acceptors (Lipinski definition) is 6. The molecule has 0 saturated carbocycles. The van der Waals surface area contributed by atoms with Gasteiger partial charge in [0.2, 0.25) is 5.91 Å². The number of hydrazine groups is 1. The first-order valence-electron chi connectivity index (χ1n) is 6.63. The number of hydrogen-bond donors (Lipinski definition) is 3. The monoisotopic (exact) mass is 293 g/mol. The quantitative estimate of drug-likeness (QED) is 0.431. The molecule has 0 spiro atoms. The van der Waals surface area contributed by atoms with Crippen molar-refractivity contribution >= 4 is 23.0 Å². The average Bonchev–Trinajstić information content (AvgIpc) is 2.89. The first-order valence-corrected chi connectivity index (χ1v) is 6.63. The molecule has 1 heterocycles. The van der Waals surface area contributed by atoms with Crippen LogP contribution in [0.4, 0.5) is 17.1 Å². The van der Waals surface area contributed by atoms with Gasteiger partial charge in [0.15, 0.2) is 0 Å². The number of amides is 1. The second-order valence-electron chi connectivity index (χ2n) is 5.45. The van der Waals surface area contributed by atoms with Gasteiger partial charge in [-0.3, -0.25) is 20.8 Å². The first kappa shape index (κ1) is 15.0. The SMILES string of the molecule is CNC(=O)C1(C)CCN(c2cc(NN)cc([N+](=O)[O-])c2)C1. The van der Waals surface area contributed by atoms with E-state index in [1.165, 1.54) is 12.1 Å². The van der Waals surface area contributed by atoms with Crippen LogP contribution in [0.25, 0.3) is 0 Å². The lowest BCUT2D eigenvalue weighted by Crippen LogP contribution is -2.39. The Hall–Kier alpha value is -2.35. The molecule has 0 aromatic heterocycles. The fourth-order valence-corrected chi connectivity index (χ4v) is 2.64. The normalized spacial score (nSPS) is 21.2. The van der Waals surface area contributed by atoms with E-state index in [1.54, 1.807) is 13.1 Å². The molecule has 8 nitrogen and oxygen atoms in total. The predicted octanol–water partition coefficient (Wildman–Crippen LogP) is 0.843. The Morgan fingerprint density at radius 2 is 2.19 bits per heavy atom. The van der Waals surface area contributed by atoms with Crippen molar-refractivity contribution in [1.82, 2.24) is 5.32 Å². The average molecular weight is 293 g/mol. The molecule has 4 N–H and O–H groups in total. The Kier molecular flexibility index (Phi) is 3.99. The molecule has 8 heteroatoms. The second kappa shape index (κ2) is 5.57. The van der Waals surface area contributed by atoms with Crippen LogP contribution in [0.2, 0.25) is 0 Å². The largest absolute Gasteiger partial charge is 0.370 e. The molecule has 1 fully saturated rings. The zero-order valence-electron chi connectivity index (χ0n) is 12.0. The molecule has 1 aromatic rings. The number of nitro benzene ring substituents is 1. The molecule has 0 aliphatic carbocycles. The Bertz CT molecular complexity index is 577. The third-order valence-electron chi connectivity index (χ3n) is 3.89. The van der Waals surface area contributed by atoms with Crippen LogP contribution in [0.5, 0.6) is 0 Å². The van der Waals surface area contributed by atoms with Gasteiger partial charge in [-0.05, 0) is 19.4 Å². The smallest absolute Gasteiger partial charge is 0.273 e. The molecule has 1 saturated heterocycles. The number of anilines is 2. The Morgan fingerprint density at radius 1 is 1.48 bits per heavy atom. The van der Waals surface area contributed by atoms with E-state index >= 15 is 0 Å². The van der Waals surface area contributed by atoms with Crippen molar-refractivity contribution in [2.24, 2.45) is 11.3 Å². The van der Waals surface area contributed by atoms with Crippen molar-refractivity contribution in [3.63, 3.8) is 0 Å². The van der Waals surface area contributed by atoms with Gasteiger partial charge in [-0.25, -0.2) is 0 Å². The van der Waals surface area contributed by atoms with Crippen LogP contribution in [0, 0.1) is 15.5 Å². The molecule has 1 aromatic carbocycles. The highest BCUT2D eigenvalue weighted by molar-refractivity contribution is 5.83. The standard InChI is InChI=1S/C13H19N5O3/c1-13(12(19)15-2)3-4-17(8-13)10-5-9(16-14)6-11(7-10)18(20)21/h5-7,16H,3-4,8,14H2,1-2H3,(H,15,19). The van der Waals surface area contributed by atoms with E-state index in [9.17, 15) is 14.9 Å². The van der Waals surface area contributed by atoms with Crippen LogP contribution in [-0.4, -0.2) is 31.0 Å². The van der Waals surface area contributed by atoms with Crippen LogP contribution in [-0.2, 0) is 4.79 Å². The number of carbonyl (C=O) groups excluding carboxylic acids is 1. The van der Waals surface area contributed by atoms with Gasteiger partial charge >= 0.3 is 0 Å². The van der Waals surface area contributed by atoms with E-state index in [2.05, 4.69) is 10.7 Å². The maximum atomic E-state index is 11.9. The van der Waals surface area contributed by atoms with Crippen molar-refractivity contribution in [3.8, 4) is 0 Å². The van der Waals surface area contributed by atoms with Gasteiger partial charge in [0.1, 0.15) is 0 Å². The topological polar surface area (TPSA) is 114 Å². The number of nitrogens with zero attached hydrogens (tertiary/aromatic N) is 2. The van der Waals surface area contributed by atoms with Gasteiger partial charge in [-0.1, -0.05) is 0 Å². The number of rotatable bonds is 4. The molecular weight excluding hydrogens is 274 g/mol. The summed E-state index contributed by atoms with van der Waals surface area (Å²) >= 11 is 0. The summed E-state index contributed by atoms with van der Waals surface area (Å²) in [6, 6.07) is 4.61. The number of benzene rings is 1. The third-order valence-corrected chi connectivity index (χ3v) is 3.89. The second-order valence-corrected chi connectivity index (χ2v) is 5.45. The molecular formula is C13H19N5O3. The van der Waals surface area contributed by atoms with Gasteiger partial charge in [0.05, 0.1) is 16.0 Å². The summed E-state index contributed by atoms with van der Waals surface area (Å²) in [7, 11) is 1.61. The van der Waals surface area contributed by atoms with E-state index in [0.29, 0.717) is 30.9 Å². The number of nitrogens with two attached hydrogens (primary N) is 1. The van der Waals surface area contributed by atoms with E-state index < -0.39 is 10.3 Å². The van der Waals surface area contributed by atoms with Crippen molar-refractivity contribution in [2.75, 3.05) is 30.5 Å². The summed E-state index contributed by atoms with van der Waals surface area (Å²) < 4.78 is 0. The summed E-state index contributed by atoms with van der Waals surface area (Å²) in [4.78, 5) is 24.4. The molecule has 2 rings (SSSR count). The highest BCUT2D eigenvalue weighted by Crippen LogP contribution is 2.35. The molecule has 0 bridgehead atoms. The summed E-state index contributed by atoms with van der Waals surface area (Å²) in [5, 5.41) is 13.6. The van der Waals surface area contributed by atoms with Crippen LogP contribution < -0.4 is 21.5 Å². The van der Waals surface area contributed by atoms with Crippen LogP contribution in [0.1, 0.15) is 13.3 Å². The number of carbonyl (C=O) groups is 1. The minimum absolute atomic E-state index is 0.0207. The number of nitrogen functional groups attached to an aromatic ring is 1. The van der Waals surface area contributed by atoms with E-state index in [1.807, 2.05) is 11.8 Å². The lowest BCUT2D eigenvalue weighted by molar-refractivity contribution is -0.384. The maximum Gasteiger partial charge on any atom is 0.273 e. The Morgan fingerprint density at radius 3 is 2.76 bits per heavy atom. The number of nitro groups is 1. The highest BCUT2D eigenvalue weighted by atomic mass is 16.6. The van der Waals surface area contributed by atoms with Gasteiger partial charge in [0.25, 0.3) is 5.69 Å². The lowest BCUT2D eigenvalue weighted by Gasteiger charge is -2.24. The summed E-state index contributed by atoms with van der Waals surface area (Å²) in [5.41, 5.74) is 3.06. The summed E-state index contributed by atoms with van der Waals surface area (Å²) in [6.07, 6.45) is 0.695. The van der Waals surface area contributed by atoms with Crippen LogP contribution >= 0.6 is 0 Å². The van der Waals surface area contributed by atoms with Crippen molar-refractivity contribution in [2.45, 2.75) is 13.3 Å². The highest BCUT2D eigenvalue weighted by Gasteiger charge is 2.40. The fraction of sp³-hybridized carbons (Fsp3) is 0.462. The first-order chi connectivity index (χ1) is 9.89. The molecule has 1 unspecified atom stereocenters. The van der Waals surface area contributed by atoms with Crippen LogP contribution in [0.15, 0.2) is 18.2 Å². The fourth-order valence-electron chi connectivity index (χ4n) is 2.64. The molecule has 21 heavy (non-hydrogen) atoms. The van der Waals surface area contributed by atoms with Gasteiger partial charge in [-0.2, -0.15) is 0 Å². The van der Waals surface area contributed by atoms with Crippen molar-refractivity contribution in [1.29, 1.82) is 0 Å². The number of non-ortho nitro benzene ring substituents is 1. The molecule has 1 aliphatic heterocycles. The third kappa shape index (κ3) is 2.89. The van der Waals surface area contributed by atoms with Gasteiger partial charge < -0.3 is 15.6 Å². The Balaban J connectivity index is 2.29. The maximum absolute atomic E-state index is 11.9. The summed E-state index contributed by atoms with van der Waals surface area (Å²) in [5.74, 6) is 5.33. The molecule has 114 valence electrons. The molecule has 1 atom stereocenters. The molecule has 1 amide bonds. The Labute approximate surface area is 122 Å². The minimum atomic E-state index is -0.490. The molecule has 0 radical (unpaired) electrons. The van der Waals surface area contributed by atoms with E-state index in [0.717, 1.165) is 0 Å². The predicted molar refractivity (Wildman–Crippen MR) is 79.9 cm³/mol. The van der Waals surface area contributed by atoms with Crippen molar-refractivity contribution < 1.29 is 9.72 Å². The van der Waals surface area contributed by atoms with Gasteiger partial charge in [0, 0.05) is 38.0 Å². The van der Waals surface area contributed by atoms with Crippen LogP contribution in [0.3, 0.4) is 0 Å². The zero-order valence-corrected chi connectivity index (χ0v) is 12.0. The summed E-state index contributed by atoms with van der Waals surface area (Å²) in [6.45, 7) is 3.07. The zero-order chi connectivity index (χ0) is 15.6. The van der Waals surface area contributed by atoms with Gasteiger partial charge in [-0.15, -0.1) is 0 Å². The van der Waals surface area contributed by atoms with E-state index in [4.69, 9.17) is 5.84 Å². The lowest BCUT2D eigenvalue weighted by atomic mass is 9.89.